The summed E-state index contributed by atoms with van der Waals surface area (Å²) in [6, 6.07) is 9.18. The number of nitrogens with zero attached hydrogens (tertiary/aromatic N) is 2. The standard InChI is InChI=1S/C18H13Cl2F3N2/c1-25-9-12(17(24-25)18(22)23)6-10-2-4-13(21)8-14(10)11-3-5-15(19)16(20)7-11/h2-5,7-9,18H,6H2,1H3. The molecule has 2 nitrogen and oxygen atoms in total. The Balaban J connectivity index is 2.07. The van der Waals surface area contributed by atoms with Crippen molar-refractivity contribution in [3.05, 3.63) is 75.3 Å². The van der Waals surface area contributed by atoms with Crippen LogP contribution in [0.5, 0.6) is 0 Å². The Bertz CT molecular complexity index is 923. The number of hydrogen-bond donors (Lipinski definition) is 0. The number of hydrogen-bond acceptors (Lipinski definition) is 1. The average Bonchev–Trinajstić information content (AvgIpc) is 2.92. The molecule has 0 aliphatic carbocycles. The van der Waals surface area contributed by atoms with E-state index in [-0.39, 0.29) is 12.1 Å². The summed E-state index contributed by atoms with van der Waals surface area (Å²) in [5.41, 5.74) is 2.04. The number of aromatic nitrogens is 2. The van der Waals surface area contributed by atoms with Crippen molar-refractivity contribution in [3.63, 3.8) is 0 Å². The fourth-order valence-electron chi connectivity index (χ4n) is 2.72. The van der Waals surface area contributed by atoms with Gasteiger partial charge in [-0.1, -0.05) is 35.3 Å². The highest BCUT2D eigenvalue weighted by Gasteiger charge is 2.19. The lowest BCUT2D eigenvalue weighted by Gasteiger charge is -2.11. The monoisotopic (exact) mass is 384 g/mol. The molecule has 1 aromatic heterocycles. The predicted molar refractivity (Wildman–Crippen MR) is 92.8 cm³/mol. The molecule has 0 saturated carbocycles. The highest BCUT2D eigenvalue weighted by molar-refractivity contribution is 6.42. The van der Waals surface area contributed by atoms with Crippen molar-refractivity contribution in [2.45, 2.75) is 12.8 Å². The highest BCUT2D eigenvalue weighted by Crippen LogP contribution is 2.33. The topological polar surface area (TPSA) is 17.8 Å². The molecule has 1 heterocycles. The van der Waals surface area contributed by atoms with Crippen LogP contribution < -0.4 is 0 Å². The first kappa shape index (κ1) is 17.8. The average molecular weight is 385 g/mol. The third kappa shape index (κ3) is 3.83. The summed E-state index contributed by atoms with van der Waals surface area (Å²) in [7, 11) is 1.58. The maximum atomic E-state index is 13.8. The van der Waals surface area contributed by atoms with Gasteiger partial charge in [-0.15, -0.1) is 0 Å². The zero-order valence-electron chi connectivity index (χ0n) is 13.1. The Morgan fingerprint density at radius 3 is 2.48 bits per heavy atom. The normalized spacial score (nSPS) is 11.3. The lowest BCUT2D eigenvalue weighted by molar-refractivity contribution is 0.144. The Morgan fingerprint density at radius 1 is 1.04 bits per heavy atom. The molecule has 0 spiro atoms. The van der Waals surface area contributed by atoms with E-state index in [1.54, 1.807) is 37.5 Å². The molecule has 0 amide bonds. The second-order valence-corrected chi connectivity index (χ2v) is 6.44. The molecule has 0 atom stereocenters. The van der Waals surface area contributed by atoms with Gasteiger partial charge < -0.3 is 0 Å². The minimum atomic E-state index is -2.68. The lowest BCUT2D eigenvalue weighted by atomic mass is 9.95. The highest BCUT2D eigenvalue weighted by atomic mass is 35.5. The minimum absolute atomic E-state index is 0.198. The Labute approximate surface area is 152 Å². The zero-order chi connectivity index (χ0) is 18.1. The first-order chi connectivity index (χ1) is 11.8. The van der Waals surface area contributed by atoms with Gasteiger partial charge in [0.15, 0.2) is 0 Å². The van der Waals surface area contributed by atoms with Gasteiger partial charge in [-0.05, 0) is 41.0 Å². The van der Waals surface area contributed by atoms with Crippen LogP contribution in [0.15, 0.2) is 42.6 Å². The van der Waals surface area contributed by atoms with Crippen LogP contribution in [0.3, 0.4) is 0 Å². The van der Waals surface area contributed by atoms with E-state index in [0.717, 1.165) is 0 Å². The van der Waals surface area contributed by atoms with Gasteiger partial charge in [0.05, 0.1) is 10.0 Å². The van der Waals surface area contributed by atoms with Crippen molar-refractivity contribution in [2.75, 3.05) is 0 Å². The molecule has 0 saturated heterocycles. The molecule has 0 aliphatic heterocycles. The van der Waals surface area contributed by atoms with Gasteiger partial charge in [-0.3, -0.25) is 4.68 Å². The number of benzene rings is 2. The molecule has 0 N–H and O–H groups in total. The van der Waals surface area contributed by atoms with E-state index in [1.807, 2.05) is 0 Å². The van der Waals surface area contributed by atoms with Crippen LogP contribution in [0.25, 0.3) is 11.1 Å². The Morgan fingerprint density at radius 2 is 1.80 bits per heavy atom. The summed E-state index contributed by atoms with van der Waals surface area (Å²) in [5, 5.41) is 4.53. The van der Waals surface area contributed by atoms with Crippen LogP contribution in [0.1, 0.15) is 23.2 Å². The summed E-state index contributed by atoms with van der Waals surface area (Å²) >= 11 is 12.0. The number of aryl methyl sites for hydroxylation is 1. The summed E-state index contributed by atoms with van der Waals surface area (Å²) < 4.78 is 41.4. The van der Waals surface area contributed by atoms with Crippen LogP contribution in [0.2, 0.25) is 10.0 Å². The molecule has 0 fully saturated rings. The fourth-order valence-corrected chi connectivity index (χ4v) is 3.01. The molecular weight excluding hydrogens is 372 g/mol. The van der Waals surface area contributed by atoms with Crippen LogP contribution in [-0.2, 0) is 13.5 Å². The van der Waals surface area contributed by atoms with Crippen molar-refractivity contribution >= 4 is 23.2 Å². The van der Waals surface area contributed by atoms with Crippen LogP contribution in [0.4, 0.5) is 13.2 Å². The summed E-state index contributed by atoms with van der Waals surface area (Å²) in [4.78, 5) is 0. The van der Waals surface area contributed by atoms with Gasteiger partial charge in [0.2, 0.25) is 0 Å². The predicted octanol–water partition coefficient (Wildman–Crippen LogP) is 6.06. The van der Waals surface area contributed by atoms with Crippen molar-refractivity contribution in [2.24, 2.45) is 7.05 Å². The third-order valence-electron chi connectivity index (χ3n) is 3.83. The molecule has 7 heteroatoms. The molecule has 2 aromatic carbocycles. The minimum Gasteiger partial charge on any atom is -0.275 e. The zero-order valence-corrected chi connectivity index (χ0v) is 14.6. The van der Waals surface area contributed by atoms with E-state index in [1.165, 1.54) is 16.8 Å². The molecule has 3 rings (SSSR count). The molecule has 25 heavy (non-hydrogen) atoms. The maximum absolute atomic E-state index is 13.8. The molecular formula is C18H13Cl2F3N2. The second kappa shape index (κ2) is 7.10. The molecule has 130 valence electrons. The second-order valence-electron chi connectivity index (χ2n) is 5.62. The van der Waals surface area contributed by atoms with Crippen molar-refractivity contribution in [1.82, 2.24) is 9.78 Å². The number of rotatable bonds is 4. The quantitative estimate of drug-likeness (QED) is 0.534. The largest absolute Gasteiger partial charge is 0.282 e. The van der Waals surface area contributed by atoms with Gasteiger partial charge in [-0.25, -0.2) is 13.2 Å². The van der Waals surface area contributed by atoms with Crippen LogP contribution in [0, 0.1) is 5.82 Å². The lowest BCUT2D eigenvalue weighted by Crippen LogP contribution is -1.97. The van der Waals surface area contributed by atoms with E-state index in [4.69, 9.17) is 23.2 Å². The first-order valence-electron chi connectivity index (χ1n) is 7.39. The van der Waals surface area contributed by atoms with Crippen molar-refractivity contribution in [3.8, 4) is 11.1 Å². The number of alkyl halides is 2. The fraction of sp³-hybridized carbons (Fsp3) is 0.167. The van der Waals surface area contributed by atoms with E-state index in [0.29, 0.717) is 32.3 Å². The van der Waals surface area contributed by atoms with E-state index < -0.39 is 12.2 Å². The summed E-state index contributed by atoms with van der Waals surface area (Å²) in [6.07, 6.45) is -0.933. The van der Waals surface area contributed by atoms with Gasteiger partial charge >= 0.3 is 0 Å². The molecule has 0 unspecified atom stereocenters. The molecule has 0 bridgehead atoms. The maximum Gasteiger partial charge on any atom is 0.282 e. The third-order valence-corrected chi connectivity index (χ3v) is 4.57. The van der Waals surface area contributed by atoms with Gasteiger partial charge in [0, 0.05) is 25.2 Å². The van der Waals surface area contributed by atoms with Crippen LogP contribution in [-0.4, -0.2) is 9.78 Å². The Kier molecular flexibility index (Phi) is 5.06. The number of halogens is 5. The Hall–Kier alpha value is -1.98. The van der Waals surface area contributed by atoms with Crippen LogP contribution >= 0.6 is 23.2 Å². The van der Waals surface area contributed by atoms with E-state index in [2.05, 4.69) is 5.10 Å². The smallest absolute Gasteiger partial charge is 0.275 e. The SMILES string of the molecule is Cn1cc(Cc2ccc(F)cc2-c2ccc(Cl)c(Cl)c2)c(C(F)F)n1. The van der Waals surface area contributed by atoms with Crippen molar-refractivity contribution < 1.29 is 13.2 Å². The van der Waals surface area contributed by atoms with Gasteiger partial charge in [-0.2, -0.15) is 5.10 Å². The summed E-state index contributed by atoms with van der Waals surface area (Å²) in [5.74, 6) is -0.426. The first-order valence-corrected chi connectivity index (χ1v) is 8.15. The van der Waals surface area contributed by atoms with E-state index in [9.17, 15) is 13.2 Å². The summed E-state index contributed by atoms with van der Waals surface area (Å²) in [6.45, 7) is 0. The van der Waals surface area contributed by atoms with Gasteiger partial charge in [0.25, 0.3) is 6.43 Å². The van der Waals surface area contributed by atoms with E-state index >= 15 is 0 Å². The molecule has 3 aromatic rings. The van der Waals surface area contributed by atoms with Gasteiger partial charge in [0.1, 0.15) is 11.5 Å². The molecule has 0 radical (unpaired) electrons. The van der Waals surface area contributed by atoms with Crippen molar-refractivity contribution in [1.29, 1.82) is 0 Å². The molecule has 0 aliphatic rings.